The van der Waals surface area contributed by atoms with E-state index in [4.69, 9.17) is 0 Å². The van der Waals surface area contributed by atoms with E-state index in [1.807, 2.05) is 0 Å². The third-order valence-corrected chi connectivity index (χ3v) is 1.85. The Labute approximate surface area is 93.2 Å². The number of amides is 3. The molecule has 1 rings (SSSR count). The van der Waals surface area contributed by atoms with Crippen molar-refractivity contribution in [2.24, 2.45) is 7.05 Å². The molecule has 1 heterocycles. The van der Waals surface area contributed by atoms with Crippen LogP contribution < -0.4 is 16.0 Å². The van der Waals surface area contributed by atoms with E-state index in [0.717, 1.165) is 0 Å². The lowest BCUT2D eigenvalue weighted by molar-refractivity contribution is -0.118. The molecule has 1 aromatic heterocycles. The minimum Gasteiger partial charge on any atom is -0.355 e. The fourth-order valence-corrected chi connectivity index (χ4v) is 1.07. The molecule has 7 nitrogen and oxygen atoms in total. The van der Waals surface area contributed by atoms with Gasteiger partial charge in [-0.2, -0.15) is 5.10 Å². The van der Waals surface area contributed by atoms with Crippen molar-refractivity contribution < 1.29 is 9.59 Å². The predicted octanol–water partition coefficient (Wildman–Crippen LogP) is -0.322. The zero-order valence-corrected chi connectivity index (χ0v) is 9.28. The number of rotatable bonds is 4. The maximum Gasteiger partial charge on any atom is 0.320 e. The molecule has 0 atom stereocenters. The molecule has 0 radical (unpaired) electrons. The van der Waals surface area contributed by atoms with Crippen LogP contribution in [0.2, 0.25) is 0 Å². The lowest BCUT2D eigenvalue weighted by Crippen LogP contribution is -2.36. The number of urea groups is 1. The van der Waals surface area contributed by atoms with Gasteiger partial charge < -0.3 is 10.6 Å². The molecule has 0 aromatic carbocycles. The Hall–Kier alpha value is -2.05. The molecule has 0 aliphatic heterocycles. The first-order chi connectivity index (χ1) is 7.59. The zero-order chi connectivity index (χ0) is 12.0. The Balaban J connectivity index is 2.21. The van der Waals surface area contributed by atoms with E-state index in [1.54, 1.807) is 24.0 Å². The highest BCUT2D eigenvalue weighted by atomic mass is 16.2. The van der Waals surface area contributed by atoms with Crippen molar-refractivity contribution in [1.29, 1.82) is 0 Å². The molecule has 1 aromatic rings. The van der Waals surface area contributed by atoms with Crippen molar-refractivity contribution in [1.82, 2.24) is 20.4 Å². The fourth-order valence-electron chi connectivity index (χ4n) is 1.07. The van der Waals surface area contributed by atoms with Crippen molar-refractivity contribution >= 4 is 17.8 Å². The summed E-state index contributed by atoms with van der Waals surface area (Å²) in [5.74, 6) is 0.492. The van der Waals surface area contributed by atoms with E-state index in [1.165, 1.54) is 6.92 Å². The van der Waals surface area contributed by atoms with Gasteiger partial charge in [0, 0.05) is 33.1 Å². The molecule has 7 heteroatoms. The summed E-state index contributed by atoms with van der Waals surface area (Å²) in [4.78, 5) is 21.9. The van der Waals surface area contributed by atoms with Crippen LogP contribution in [0, 0.1) is 0 Å². The fraction of sp³-hybridized carbons (Fsp3) is 0.444. The third kappa shape index (κ3) is 3.99. The highest BCUT2D eigenvalue weighted by molar-refractivity contribution is 5.88. The Morgan fingerprint density at radius 1 is 1.38 bits per heavy atom. The van der Waals surface area contributed by atoms with Crippen molar-refractivity contribution in [3.8, 4) is 0 Å². The average Bonchev–Trinajstić information content (AvgIpc) is 2.59. The van der Waals surface area contributed by atoms with Crippen LogP contribution in [0.5, 0.6) is 0 Å². The molecular formula is C9H15N5O2. The van der Waals surface area contributed by atoms with Gasteiger partial charge in [0.2, 0.25) is 5.91 Å². The number of aryl methyl sites for hydroxylation is 1. The summed E-state index contributed by atoms with van der Waals surface area (Å²) in [6.07, 6.45) is 1.59. The number of carbonyl (C=O) groups excluding carboxylic acids is 2. The topological polar surface area (TPSA) is 88.1 Å². The summed E-state index contributed by atoms with van der Waals surface area (Å²) >= 11 is 0. The molecule has 16 heavy (non-hydrogen) atoms. The van der Waals surface area contributed by atoms with Crippen molar-refractivity contribution in [3.63, 3.8) is 0 Å². The van der Waals surface area contributed by atoms with Crippen LogP contribution >= 0.6 is 0 Å². The van der Waals surface area contributed by atoms with Crippen LogP contribution in [0.1, 0.15) is 6.92 Å². The molecule has 3 N–H and O–H groups in total. The van der Waals surface area contributed by atoms with Gasteiger partial charge in [-0.25, -0.2) is 4.79 Å². The lowest BCUT2D eigenvalue weighted by Gasteiger charge is -2.07. The van der Waals surface area contributed by atoms with Gasteiger partial charge in [0.1, 0.15) is 5.82 Å². The Kier molecular flexibility index (Phi) is 4.31. The maximum atomic E-state index is 11.3. The Morgan fingerprint density at radius 2 is 2.06 bits per heavy atom. The highest BCUT2D eigenvalue weighted by Crippen LogP contribution is 2.01. The van der Waals surface area contributed by atoms with Gasteiger partial charge in [0.15, 0.2) is 0 Å². The monoisotopic (exact) mass is 225 g/mol. The minimum absolute atomic E-state index is 0.117. The average molecular weight is 225 g/mol. The first kappa shape index (κ1) is 12.0. The molecule has 0 bridgehead atoms. The number of carbonyl (C=O) groups is 2. The van der Waals surface area contributed by atoms with Gasteiger partial charge in [0.25, 0.3) is 0 Å². The Morgan fingerprint density at radius 3 is 2.62 bits per heavy atom. The van der Waals surface area contributed by atoms with E-state index in [-0.39, 0.29) is 11.9 Å². The van der Waals surface area contributed by atoms with Gasteiger partial charge in [-0.05, 0) is 0 Å². The molecule has 0 aliphatic carbocycles. The number of aromatic nitrogens is 2. The normalized spacial score (nSPS) is 9.62. The third-order valence-electron chi connectivity index (χ3n) is 1.85. The van der Waals surface area contributed by atoms with Crippen LogP contribution in [0.15, 0.2) is 12.3 Å². The smallest absolute Gasteiger partial charge is 0.320 e. The molecular weight excluding hydrogens is 210 g/mol. The van der Waals surface area contributed by atoms with E-state index >= 15 is 0 Å². The van der Waals surface area contributed by atoms with Crippen LogP contribution in [-0.2, 0) is 11.8 Å². The molecule has 0 saturated heterocycles. The molecule has 3 amide bonds. The largest absolute Gasteiger partial charge is 0.355 e. The lowest BCUT2D eigenvalue weighted by atomic mass is 10.5. The van der Waals surface area contributed by atoms with Crippen LogP contribution in [0.4, 0.5) is 10.6 Å². The van der Waals surface area contributed by atoms with Crippen LogP contribution in [-0.4, -0.2) is 34.8 Å². The molecule has 0 unspecified atom stereocenters. The SMILES string of the molecule is CC(=O)NCCNC(=O)Nc1ccnn1C. The summed E-state index contributed by atoms with van der Waals surface area (Å²) in [7, 11) is 1.73. The molecule has 88 valence electrons. The van der Waals surface area contributed by atoms with E-state index in [0.29, 0.717) is 18.9 Å². The van der Waals surface area contributed by atoms with Crippen molar-refractivity contribution in [3.05, 3.63) is 12.3 Å². The zero-order valence-electron chi connectivity index (χ0n) is 9.28. The molecule has 0 spiro atoms. The van der Waals surface area contributed by atoms with E-state index in [9.17, 15) is 9.59 Å². The molecule has 0 fully saturated rings. The van der Waals surface area contributed by atoms with E-state index < -0.39 is 0 Å². The summed E-state index contributed by atoms with van der Waals surface area (Å²) in [6, 6.07) is 1.36. The van der Waals surface area contributed by atoms with Gasteiger partial charge in [0.05, 0.1) is 6.20 Å². The quantitative estimate of drug-likeness (QED) is 0.613. The maximum absolute atomic E-state index is 11.3. The first-order valence-corrected chi connectivity index (χ1v) is 4.87. The summed E-state index contributed by atoms with van der Waals surface area (Å²) in [5.41, 5.74) is 0. The number of hydrogen-bond acceptors (Lipinski definition) is 3. The number of nitrogens with one attached hydrogen (secondary N) is 3. The number of nitrogens with zero attached hydrogens (tertiary/aromatic N) is 2. The second-order valence-corrected chi connectivity index (χ2v) is 3.20. The summed E-state index contributed by atoms with van der Waals surface area (Å²) < 4.78 is 1.55. The Bertz CT molecular complexity index is 374. The number of hydrogen-bond donors (Lipinski definition) is 3. The van der Waals surface area contributed by atoms with Crippen LogP contribution in [0.3, 0.4) is 0 Å². The van der Waals surface area contributed by atoms with Gasteiger partial charge >= 0.3 is 6.03 Å². The number of anilines is 1. The second kappa shape index (κ2) is 5.74. The standard InChI is InChI=1S/C9H15N5O2/c1-7(15)10-5-6-11-9(16)13-8-3-4-12-14(8)2/h3-4H,5-6H2,1-2H3,(H,10,15)(H2,11,13,16). The van der Waals surface area contributed by atoms with E-state index in [2.05, 4.69) is 21.0 Å². The highest BCUT2D eigenvalue weighted by Gasteiger charge is 2.03. The van der Waals surface area contributed by atoms with Crippen molar-refractivity contribution in [2.45, 2.75) is 6.92 Å². The van der Waals surface area contributed by atoms with Gasteiger partial charge in [-0.3, -0.25) is 14.8 Å². The van der Waals surface area contributed by atoms with Crippen LogP contribution in [0.25, 0.3) is 0 Å². The minimum atomic E-state index is -0.325. The van der Waals surface area contributed by atoms with Crippen molar-refractivity contribution in [2.75, 3.05) is 18.4 Å². The summed E-state index contributed by atoms with van der Waals surface area (Å²) in [6.45, 7) is 2.22. The molecule has 0 saturated carbocycles. The second-order valence-electron chi connectivity index (χ2n) is 3.20. The predicted molar refractivity (Wildman–Crippen MR) is 58.9 cm³/mol. The first-order valence-electron chi connectivity index (χ1n) is 4.87. The van der Waals surface area contributed by atoms with Gasteiger partial charge in [-0.1, -0.05) is 0 Å². The molecule has 0 aliphatic rings. The van der Waals surface area contributed by atoms with Gasteiger partial charge in [-0.15, -0.1) is 0 Å². The summed E-state index contributed by atoms with van der Waals surface area (Å²) in [5, 5.41) is 11.7.